The van der Waals surface area contributed by atoms with Crippen molar-refractivity contribution in [2.24, 2.45) is 0 Å². The molecule has 1 heterocycles. The van der Waals surface area contributed by atoms with E-state index in [0.717, 1.165) is 13.0 Å². The first-order chi connectivity index (χ1) is 7.55. The van der Waals surface area contributed by atoms with Gasteiger partial charge in [-0.15, -0.1) is 0 Å². The molecule has 6 heteroatoms. The summed E-state index contributed by atoms with van der Waals surface area (Å²) in [5.74, 6) is 0.0138. The second-order valence-corrected chi connectivity index (χ2v) is 6.30. The van der Waals surface area contributed by atoms with E-state index in [0.29, 0.717) is 19.0 Å². The van der Waals surface area contributed by atoms with Crippen molar-refractivity contribution in [2.45, 2.75) is 31.7 Å². The molecule has 0 amide bonds. The number of sulfonamides is 1. The molecule has 0 aromatic heterocycles. The zero-order chi connectivity index (χ0) is 12.0. The zero-order valence-corrected chi connectivity index (χ0v) is 10.7. The molecule has 1 fully saturated rings. The number of rotatable bonds is 6. The molecule has 1 aliphatic heterocycles. The number of aliphatic hydroxyl groups excluding tert-OH is 1. The van der Waals surface area contributed by atoms with Crippen LogP contribution in [-0.4, -0.2) is 57.0 Å². The van der Waals surface area contributed by atoms with E-state index < -0.39 is 10.0 Å². The van der Waals surface area contributed by atoms with Crippen LogP contribution in [0.3, 0.4) is 0 Å². The maximum atomic E-state index is 11.5. The summed E-state index contributed by atoms with van der Waals surface area (Å²) >= 11 is 0. The normalized spacial score (nSPS) is 23.5. The molecule has 1 rings (SSSR count). The van der Waals surface area contributed by atoms with Gasteiger partial charge in [0.2, 0.25) is 10.0 Å². The van der Waals surface area contributed by atoms with Crippen LogP contribution in [0.25, 0.3) is 0 Å². The van der Waals surface area contributed by atoms with Gasteiger partial charge in [-0.2, -0.15) is 0 Å². The van der Waals surface area contributed by atoms with E-state index in [9.17, 15) is 8.42 Å². The topological polar surface area (TPSA) is 69.6 Å². The largest absolute Gasteiger partial charge is 0.396 e. The lowest BCUT2D eigenvalue weighted by molar-refractivity contribution is 0.187. The van der Waals surface area contributed by atoms with Gasteiger partial charge >= 0.3 is 0 Å². The number of nitrogens with one attached hydrogen (secondary N) is 1. The average Bonchev–Trinajstić information content (AvgIpc) is 2.26. The van der Waals surface area contributed by atoms with Gasteiger partial charge in [0.05, 0.1) is 5.75 Å². The van der Waals surface area contributed by atoms with Gasteiger partial charge in [0, 0.05) is 19.2 Å². The van der Waals surface area contributed by atoms with Crippen LogP contribution in [0.5, 0.6) is 0 Å². The Kier molecular flexibility index (Phi) is 5.68. The number of hydrogen-bond donors (Lipinski definition) is 2. The van der Waals surface area contributed by atoms with Crippen LogP contribution in [-0.2, 0) is 10.0 Å². The quantitative estimate of drug-likeness (QED) is 0.683. The van der Waals surface area contributed by atoms with Crippen molar-refractivity contribution in [1.82, 2.24) is 9.62 Å². The maximum Gasteiger partial charge on any atom is 0.211 e. The summed E-state index contributed by atoms with van der Waals surface area (Å²) < 4.78 is 25.6. The predicted molar refractivity (Wildman–Crippen MR) is 63.8 cm³/mol. The Balaban J connectivity index is 2.32. The van der Waals surface area contributed by atoms with Crippen LogP contribution in [0.1, 0.15) is 25.7 Å². The lowest BCUT2D eigenvalue weighted by atomic mass is 10.0. The molecule has 0 radical (unpaired) electrons. The number of likely N-dealkylation sites (N-methyl/N-ethyl adjacent to an activating group) is 1. The van der Waals surface area contributed by atoms with E-state index in [-0.39, 0.29) is 12.4 Å². The minimum absolute atomic E-state index is 0.0138. The number of piperidine rings is 1. The molecule has 0 aromatic carbocycles. The summed E-state index contributed by atoms with van der Waals surface area (Å²) in [5.41, 5.74) is 0. The predicted octanol–water partition coefficient (Wildman–Crippen LogP) is -0.227. The Morgan fingerprint density at radius 2 is 2.19 bits per heavy atom. The maximum absolute atomic E-state index is 11.5. The minimum Gasteiger partial charge on any atom is -0.396 e. The molecule has 0 spiro atoms. The number of hydrogen-bond acceptors (Lipinski definition) is 4. The molecule has 2 N–H and O–H groups in total. The van der Waals surface area contributed by atoms with E-state index in [4.69, 9.17) is 5.11 Å². The fourth-order valence-electron chi connectivity index (χ4n) is 1.95. The van der Waals surface area contributed by atoms with Crippen LogP contribution in [0.15, 0.2) is 0 Å². The van der Waals surface area contributed by atoms with Crippen molar-refractivity contribution in [3.63, 3.8) is 0 Å². The minimum atomic E-state index is -3.20. The fraction of sp³-hybridized carbons (Fsp3) is 1.00. The Bertz CT molecular complexity index is 292. The molecular weight excluding hydrogens is 228 g/mol. The van der Waals surface area contributed by atoms with Crippen molar-refractivity contribution in [2.75, 3.05) is 32.5 Å². The molecule has 0 aromatic rings. The Morgan fingerprint density at radius 1 is 1.44 bits per heavy atom. The standard InChI is InChI=1S/C10H22N2O3S/c1-12-6-3-2-5-10(12)9-11-16(14,15)8-4-7-13/h10-11,13H,2-9H2,1H3. The third-order valence-corrected chi connectivity index (χ3v) is 4.46. The van der Waals surface area contributed by atoms with Gasteiger partial charge in [-0.25, -0.2) is 13.1 Å². The van der Waals surface area contributed by atoms with Gasteiger partial charge in [-0.1, -0.05) is 6.42 Å². The lowest BCUT2D eigenvalue weighted by Gasteiger charge is -2.32. The van der Waals surface area contributed by atoms with Gasteiger partial charge in [-0.05, 0) is 32.9 Å². The second kappa shape index (κ2) is 6.54. The monoisotopic (exact) mass is 250 g/mol. The van der Waals surface area contributed by atoms with Crippen LogP contribution >= 0.6 is 0 Å². The van der Waals surface area contributed by atoms with Crippen LogP contribution in [0.2, 0.25) is 0 Å². The van der Waals surface area contributed by atoms with Crippen molar-refractivity contribution in [1.29, 1.82) is 0 Å². The first kappa shape index (κ1) is 13.9. The van der Waals surface area contributed by atoms with Gasteiger partial charge < -0.3 is 10.0 Å². The van der Waals surface area contributed by atoms with Crippen molar-refractivity contribution in [3.8, 4) is 0 Å². The highest BCUT2D eigenvalue weighted by Crippen LogP contribution is 2.14. The molecule has 0 saturated carbocycles. The molecule has 0 bridgehead atoms. The number of likely N-dealkylation sites (tertiary alicyclic amines) is 1. The van der Waals surface area contributed by atoms with Crippen LogP contribution < -0.4 is 4.72 Å². The average molecular weight is 250 g/mol. The van der Waals surface area contributed by atoms with Crippen molar-refractivity contribution < 1.29 is 13.5 Å². The third-order valence-electron chi connectivity index (χ3n) is 3.03. The molecule has 1 unspecified atom stereocenters. The molecule has 1 atom stereocenters. The molecule has 16 heavy (non-hydrogen) atoms. The summed E-state index contributed by atoms with van der Waals surface area (Å²) in [4.78, 5) is 2.21. The SMILES string of the molecule is CN1CCCCC1CNS(=O)(=O)CCCO. The molecular formula is C10H22N2O3S. The van der Waals surface area contributed by atoms with Gasteiger partial charge in [0.15, 0.2) is 0 Å². The molecule has 96 valence electrons. The van der Waals surface area contributed by atoms with E-state index >= 15 is 0 Å². The number of nitrogens with zero attached hydrogens (tertiary/aromatic N) is 1. The lowest BCUT2D eigenvalue weighted by Crippen LogP contribution is -2.45. The summed E-state index contributed by atoms with van der Waals surface area (Å²) in [7, 11) is -1.17. The molecule has 1 saturated heterocycles. The first-order valence-electron chi connectivity index (χ1n) is 5.83. The van der Waals surface area contributed by atoms with Crippen molar-refractivity contribution in [3.05, 3.63) is 0 Å². The van der Waals surface area contributed by atoms with Gasteiger partial charge in [0.1, 0.15) is 0 Å². The summed E-state index contributed by atoms with van der Waals surface area (Å²) in [6, 6.07) is 0.317. The third kappa shape index (κ3) is 4.78. The van der Waals surface area contributed by atoms with Crippen LogP contribution in [0.4, 0.5) is 0 Å². The fourth-order valence-corrected chi connectivity index (χ4v) is 3.05. The Morgan fingerprint density at radius 3 is 2.81 bits per heavy atom. The van der Waals surface area contributed by atoms with E-state index in [1.54, 1.807) is 0 Å². The summed E-state index contributed by atoms with van der Waals surface area (Å²) in [6.45, 7) is 1.46. The second-order valence-electron chi connectivity index (χ2n) is 4.37. The van der Waals surface area contributed by atoms with E-state index in [2.05, 4.69) is 9.62 Å². The Labute approximate surface area is 97.9 Å². The van der Waals surface area contributed by atoms with Crippen molar-refractivity contribution >= 4 is 10.0 Å². The summed E-state index contributed by atoms with van der Waals surface area (Å²) in [5, 5.41) is 8.59. The summed E-state index contributed by atoms with van der Waals surface area (Å²) in [6.07, 6.45) is 3.73. The van der Waals surface area contributed by atoms with Gasteiger partial charge in [0.25, 0.3) is 0 Å². The van der Waals surface area contributed by atoms with Crippen LogP contribution in [0, 0.1) is 0 Å². The zero-order valence-electron chi connectivity index (χ0n) is 9.85. The Hall–Kier alpha value is -0.170. The highest BCUT2D eigenvalue weighted by atomic mass is 32.2. The van der Waals surface area contributed by atoms with E-state index in [1.165, 1.54) is 12.8 Å². The van der Waals surface area contributed by atoms with Gasteiger partial charge in [-0.3, -0.25) is 0 Å². The van der Waals surface area contributed by atoms with E-state index in [1.807, 2.05) is 7.05 Å². The highest BCUT2D eigenvalue weighted by Gasteiger charge is 2.20. The highest BCUT2D eigenvalue weighted by molar-refractivity contribution is 7.89. The number of aliphatic hydroxyl groups is 1. The molecule has 0 aliphatic carbocycles. The molecule has 5 nitrogen and oxygen atoms in total. The smallest absolute Gasteiger partial charge is 0.211 e. The molecule has 1 aliphatic rings. The first-order valence-corrected chi connectivity index (χ1v) is 7.49.